The second kappa shape index (κ2) is 5.17. The molecule has 0 saturated carbocycles. The number of para-hydroxylation sites is 1. The summed E-state index contributed by atoms with van der Waals surface area (Å²) in [5.41, 5.74) is 1.30. The highest BCUT2D eigenvalue weighted by atomic mass is 35.5. The van der Waals surface area contributed by atoms with Crippen LogP contribution >= 0.6 is 11.6 Å². The number of benzene rings is 1. The Morgan fingerprint density at radius 1 is 1.56 bits per heavy atom. The second-order valence-corrected chi connectivity index (χ2v) is 5.23. The molecule has 0 aromatic heterocycles. The molecule has 0 N–H and O–H groups in total. The molecule has 1 aliphatic heterocycles. The molecular formula is C14H17ClN2O. The van der Waals surface area contributed by atoms with Gasteiger partial charge in [0.25, 0.3) is 0 Å². The molecule has 0 amide bonds. The lowest BCUT2D eigenvalue weighted by atomic mass is 10.00. The van der Waals surface area contributed by atoms with Gasteiger partial charge in [-0.2, -0.15) is 5.26 Å². The zero-order chi connectivity index (χ0) is 13.2. The standard InChI is InChI=1S/C14H17ClN2O/c1-3-14(2)10-17(7-8-18-14)13-11(9-16)5-4-6-12(13)15/h4-6H,3,7-8,10H2,1-2H3. The van der Waals surface area contributed by atoms with Crippen molar-refractivity contribution in [2.75, 3.05) is 24.6 Å². The van der Waals surface area contributed by atoms with E-state index in [-0.39, 0.29) is 5.60 Å². The van der Waals surface area contributed by atoms with Crippen molar-refractivity contribution in [2.45, 2.75) is 25.9 Å². The number of nitriles is 1. The Bertz CT molecular complexity index is 483. The van der Waals surface area contributed by atoms with E-state index < -0.39 is 0 Å². The molecule has 0 radical (unpaired) electrons. The molecule has 3 nitrogen and oxygen atoms in total. The zero-order valence-corrected chi connectivity index (χ0v) is 11.5. The first kappa shape index (κ1) is 13.2. The number of rotatable bonds is 2. The van der Waals surface area contributed by atoms with E-state index in [1.165, 1.54) is 0 Å². The van der Waals surface area contributed by atoms with E-state index >= 15 is 0 Å². The normalized spacial score (nSPS) is 23.8. The van der Waals surface area contributed by atoms with Crippen LogP contribution in [0.2, 0.25) is 5.02 Å². The Hall–Kier alpha value is -1.24. The molecule has 1 heterocycles. The molecule has 96 valence electrons. The Morgan fingerprint density at radius 2 is 2.33 bits per heavy atom. The number of hydrogen-bond acceptors (Lipinski definition) is 3. The molecule has 0 bridgehead atoms. The van der Waals surface area contributed by atoms with Gasteiger partial charge < -0.3 is 9.64 Å². The maximum atomic E-state index is 9.19. The summed E-state index contributed by atoms with van der Waals surface area (Å²) >= 11 is 6.24. The average Bonchev–Trinajstić information content (AvgIpc) is 2.38. The number of ether oxygens (including phenoxy) is 1. The van der Waals surface area contributed by atoms with E-state index in [1.807, 2.05) is 12.1 Å². The van der Waals surface area contributed by atoms with Crippen molar-refractivity contribution in [3.8, 4) is 6.07 Å². The number of halogens is 1. The van der Waals surface area contributed by atoms with Crippen molar-refractivity contribution in [3.63, 3.8) is 0 Å². The highest BCUT2D eigenvalue weighted by molar-refractivity contribution is 6.33. The van der Waals surface area contributed by atoms with Crippen LogP contribution in [0, 0.1) is 11.3 Å². The molecule has 4 heteroatoms. The van der Waals surface area contributed by atoms with E-state index in [2.05, 4.69) is 24.8 Å². The summed E-state index contributed by atoms with van der Waals surface area (Å²) in [5.74, 6) is 0. The third-order valence-electron chi connectivity index (χ3n) is 3.51. The van der Waals surface area contributed by atoms with Gasteiger partial charge in [0, 0.05) is 13.1 Å². The highest BCUT2D eigenvalue weighted by Crippen LogP contribution is 2.33. The van der Waals surface area contributed by atoms with Gasteiger partial charge in [-0.05, 0) is 25.5 Å². The van der Waals surface area contributed by atoms with Gasteiger partial charge in [-0.15, -0.1) is 0 Å². The quantitative estimate of drug-likeness (QED) is 0.823. The molecule has 1 unspecified atom stereocenters. The predicted molar refractivity (Wildman–Crippen MR) is 73.0 cm³/mol. The summed E-state index contributed by atoms with van der Waals surface area (Å²) < 4.78 is 5.81. The monoisotopic (exact) mass is 264 g/mol. The van der Waals surface area contributed by atoms with Crippen LogP contribution in [0.15, 0.2) is 18.2 Å². The van der Waals surface area contributed by atoms with Crippen LogP contribution in [0.4, 0.5) is 5.69 Å². The van der Waals surface area contributed by atoms with Gasteiger partial charge >= 0.3 is 0 Å². The third kappa shape index (κ3) is 2.45. The molecule has 2 rings (SSSR count). The summed E-state index contributed by atoms with van der Waals surface area (Å²) in [6.07, 6.45) is 0.940. The van der Waals surface area contributed by atoms with Crippen LogP contribution in [-0.2, 0) is 4.74 Å². The first-order valence-electron chi connectivity index (χ1n) is 6.17. The Balaban J connectivity index is 2.35. The largest absolute Gasteiger partial charge is 0.372 e. The van der Waals surface area contributed by atoms with Crippen molar-refractivity contribution in [1.82, 2.24) is 0 Å². The number of nitrogens with zero attached hydrogens (tertiary/aromatic N) is 2. The lowest BCUT2D eigenvalue weighted by Gasteiger charge is -2.41. The summed E-state index contributed by atoms with van der Waals surface area (Å²) in [7, 11) is 0. The van der Waals surface area contributed by atoms with Crippen LogP contribution in [0.25, 0.3) is 0 Å². The van der Waals surface area contributed by atoms with Gasteiger partial charge in [0.1, 0.15) is 6.07 Å². The molecule has 1 atom stereocenters. The molecule has 1 aliphatic rings. The van der Waals surface area contributed by atoms with Crippen molar-refractivity contribution in [3.05, 3.63) is 28.8 Å². The number of anilines is 1. The van der Waals surface area contributed by atoms with E-state index in [1.54, 1.807) is 6.07 Å². The van der Waals surface area contributed by atoms with E-state index in [0.717, 1.165) is 25.2 Å². The van der Waals surface area contributed by atoms with Gasteiger partial charge in [-0.1, -0.05) is 24.6 Å². The minimum absolute atomic E-state index is 0.163. The fraction of sp³-hybridized carbons (Fsp3) is 0.500. The lowest BCUT2D eigenvalue weighted by molar-refractivity contribution is -0.0441. The smallest absolute Gasteiger partial charge is 0.101 e. The molecule has 1 fully saturated rings. The fourth-order valence-corrected chi connectivity index (χ4v) is 2.56. The first-order chi connectivity index (χ1) is 8.59. The van der Waals surface area contributed by atoms with E-state index in [9.17, 15) is 5.26 Å². The van der Waals surface area contributed by atoms with Gasteiger partial charge in [0.2, 0.25) is 0 Å². The molecule has 1 aromatic rings. The van der Waals surface area contributed by atoms with Crippen LogP contribution in [-0.4, -0.2) is 25.3 Å². The Labute approximate surface area is 113 Å². The molecule has 1 saturated heterocycles. The fourth-order valence-electron chi connectivity index (χ4n) is 2.26. The Morgan fingerprint density at radius 3 is 3.00 bits per heavy atom. The molecule has 1 aromatic carbocycles. The first-order valence-corrected chi connectivity index (χ1v) is 6.55. The molecular weight excluding hydrogens is 248 g/mol. The van der Waals surface area contributed by atoms with E-state index in [4.69, 9.17) is 16.3 Å². The van der Waals surface area contributed by atoms with Crippen LogP contribution in [0.5, 0.6) is 0 Å². The minimum Gasteiger partial charge on any atom is -0.372 e. The topological polar surface area (TPSA) is 36.3 Å². The highest BCUT2D eigenvalue weighted by Gasteiger charge is 2.31. The van der Waals surface area contributed by atoms with Crippen LogP contribution < -0.4 is 4.90 Å². The summed E-state index contributed by atoms with van der Waals surface area (Å²) in [4.78, 5) is 2.16. The number of morpholine rings is 1. The average molecular weight is 265 g/mol. The van der Waals surface area contributed by atoms with Gasteiger partial charge in [0.05, 0.1) is 28.5 Å². The van der Waals surface area contributed by atoms with Crippen LogP contribution in [0.3, 0.4) is 0 Å². The molecule has 18 heavy (non-hydrogen) atoms. The maximum absolute atomic E-state index is 9.19. The summed E-state index contributed by atoms with van der Waals surface area (Å²) in [6, 6.07) is 7.66. The maximum Gasteiger partial charge on any atom is 0.101 e. The molecule has 0 spiro atoms. The third-order valence-corrected chi connectivity index (χ3v) is 3.81. The van der Waals surface area contributed by atoms with Gasteiger partial charge in [-0.25, -0.2) is 0 Å². The van der Waals surface area contributed by atoms with Gasteiger partial charge in [0.15, 0.2) is 0 Å². The summed E-state index contributed by atoms with van der Waals surface area (Å²) in [6.45, 7) is 6.42. The van der Waals surface area contributed by atoms with Crippen molar-refractivity contribution >= 4 is 17.3 Å². The number of hydrogen-bond donors (Lipinski definition) is 0. The summed E-state index contributed by atoms with van der Waals surface area (Å²) in [5, 5.41) is 9.83. The van der Waals surface area contributed by atoms with Crippen molar-refractivity contribution in [2.24, 2.45) is 0 Å². The van der Waals surface area contributed by atoms with E-state index in [0.29, 0.717) is 17.2 Å². The van der Waals surface area contributed by atoms with Gasteiger partial charge in [-0.3, -0.25) is 0 Å². The Kier molecular flexibility index (Phi) is 3.79. The SMILES string of the molecule is CCC1(C)CN(c2c(Cl)cccc2C#N)CCO1. The van der Waals surface area contributed by atoms with Crippen molar-refractivity contribution < 1.29 is 4.74 Å². The predicted octanol–water partition coefficient (Wildman–Crippen LogP) is 3.22. The molecule has 0 aliphatic carbocycles. The zero-order valence-electron chi connectivity index (χ0n) is 10.7. The minimum atomic E-state index is -0.163. The van der Waals surface area contributed by atoms with Crippen molar-refractivity contribution in [1.29, 1.82) is 5.26 Å². The second-order valence-electron chi connectivity index (χ2n) is 4.82. The van der Waals surface area contributed by atoms with Crippen LogP contribution in [0.1, 0.15) is 25.8 Å². The lowest BCUT2D eigenvalue weighted by Crippen LogP contribution is -2.50.